The molecule has 1 aromatic carbocycles. The Bertz CT molecular complexity index is 554. The highest BCUT2D eigenvalue weighted by Crippen LogP contribution is 2.32. The highest BCUT2D eigenvalue weighted by molar-refractivity contribution is 9.10. The molecule has 1 heterocycles. The molecule has 0 bridgehead atoms. The number of aryl methyl sites for hydroxylation is 1. The van der Waals surface area contributed by atoms with Gasteiger partial charge in [0.2, 0.25) is 0 Å². The van der Waals surface area contributed by atoms with Crippen molar-refractivity contribution in [2.75, 3.05) is 0 Å². The fourth-order valence-corrected chi connectivity index (χ4v) is 3.12. The van der Waals surface area contributed by atoms with Gasteiger partial charge in [-0.15, -0.1) is 11.3 Å². The molecule has 0 aliphatic rings. The Morgan fingerprint density at radius 2 is 2.22 bits per heavy atom. The minimum atomic E-state index is -0.251. The van der Waals surface area contributed by atoms with Crippen LogP contribution in [0.2, 0.25) is 0 Å². The van der Waals surface area contributed by atoms with Crippen LogP contribution in [0, 0.1) is 5.82 Å². The van der Waals surface area contributed by atoms with Crippen molar-refractivity contribution in [2.24, 2.45) is 5.73 Å². The van der Waals surface area contributed by atoms with Crippen molar-refractivity contribution in [1.29, 1.82) is 0 Å². The first-order chi connectivity index (χ1) is 8.65. The van der Waals surface area contributed by atoms with Crippen LogP contribution in [-0.4, -0.2) is 4.98 Å². The van der Waals surface area contributed by atoms with Crippen LogP contribution < -0.4 is 5.73 Å². The lowest BCUT2D eigenvalue weighted by molar-refractivity contribution is 0.631. The number of halogens is 2. The zero-order chi connectivity index (χ0) is 13.1. The topological polar surface area (TPSA) is 38.9 Å². The van der Waals surface area contributed by atoms with Gasteiger partial charge >= 0.3 is 0 Å². The molecule has 0 saturated carbocycles. The molecule has 96 valence electrons. The van der Waals surface area contributed by atoms with Gasteiger partial charge in [0.05, 0.1) is 5.69 Å². The van der Waals surface area contributed by atoms with Gasteiger partial charge in [0, 0.05) is 21.5 Å². The molecule has 5 heteroatoms. The van der Waals surface area contributed by atoms with Crippen LogP contribution in [0.15, 0.2) is 22.7 Å². The van der Waals surface area contributed by atoms with Crippen molar-refractivity contribution in [3.63, 3.8) is 0 Å². The standard InChI is InChI=1S/C13H14BrFN2S/c1-2-3-11-12(7-16)18-13(17-11)9-6-8(14)4-5-10(9)15/h4-6H,2-3,7,16H2,1H3. The van der Waals surface area contributed by atoms with E-state index in [9.17, 15) is 4.39 Å². The molecule has 0 fully saturated rings. The van der Waals surface area contributed by atoms with Gasteiger partial charge in [-0.1, -0.05) is 29.3 Å². The van der Waals surface area contributed by atoms with Gasteiger partial charge < -0.3 is 5.73 Å². The number of rotatable bonds is 4. The highest BCUT2D eigenvalue weighted by atomic mass is 79.9. The quantitative estimate of drug-likeness (QED) is 0.916. The fraction of sp³-hybridized carbons (Fsp3) is 0.308. The molecule has 2 nitrogen and oxygen atoms in total. The van der Waals surface area contributed by atoms with Gasteiger partial charge in [-0.3, -0.25) is 0 Å². The van der Waals surface area contributed by atoms with E-state index in [1.165, 1.54) is 17.4 Å². The minimum Gasteiger partial charge on any atom is -0.326 e. The van der Waals surface area contributed by atoms with Crippen LogP contribution in [0.1, 0.15) is 23.9 Å². The van der Waals surface area contributed by atoms with Gasteiger partial charge in [0.1, 0.15) is 10.8 Å². The molecule has 2 rings (SSSR count). The maximum Gasteiger partial charge on any atom is 0.133 e. The SMILES string of the molecule is CCCc1nc(-c2cc(Br)ccc2F)sc1CN. The molecule has 0 saturated heterocycles. The fourth-order valence-electron chi connectivity index (χ4n) is 1.75. The lowest BCUT2D eigenvalue weighted by atomic mass is 10.2. The summed E-state index contributed by atoms with van der Waals surface area (Å²) in [6.45, 7) is 2.56. The molecule has 0 atom stereocenters. The second-order valence-electron chi connectivity index (χ2n) is 3.97. The second-order valence-corrected chi connectivity index (χ2v) is 5.97. The number of nitrogens with zero attached hydrogens (tertiary/aromatic N) is 1. The van der Waals surface area contributed by atoms with Crippen LogP contribution in [0.5, 0.6) is 0 Å². The van der Waals surface area contributed by atoms with E-state index < -0.39 is 0 Å². The Morgan fingerprint density at radius 1 is 1.44 bits per heavy atom. The summed E-state index contributed by atoms with van der Waals surface area (Å²) < 4.78 is 14.6. The molecule has 2 N–H and O–H groups in total. The van der Waals surface area contributed by atoms with Crippen molar-refractivity contribution < 1.29 is 4.39 Å². The summed E-state index contributed by atoms with van der Waals surface area (Å²) in [4.78, 5) is 5.57. The molecule has 0 radical (unpaired) electrons. The number of nitrogens with two attached hydrogens (primary N) is 1. The van der Waals surface area contributed by atoms with Gasteiger partial charge in [-0.25, -0.2) is 9.37 Å². The third kappa shape index (κ3) is 2.79. The van der Waals surface area contributed by atoms with E-state index in [4.69, 9.17) is 5.73 Å². The first-order valence-corrected chi connectivity index (χ1v) is 7.40. The molecule has 18 heavy (non-hydrogen) atoms. The Morgan fingerprint density at radius 3 is 2.89 bits per heavy atom. The van der Waals surface area contributed by atoms with Gasteiger partial charge in [0.25, 0.3) is 0 Å². The van der Waals surface area contributed by atoms with Crippen molar-refractivity contribution in [3.8, 4) is 10.6 Å². The molecule has 0 unspecified atom stereocenters. The molecule has 0 aliphatic carbocycles. The van der Waals surface area contributed by atoms with E-state index in [1.807, 2.05) is 0 Å². The molecule has 0 aliphatic heterocycles. The lowest BCUT2D eigenvalue weighted by Gasteiger charge is -1.99. The number of benzene rings is 1. The monoisotopic (exact) mass is 328 g/mol. The van der Waals surface area contributed by atoms with Crippen molar-refractivity contribution >= 4 is 27.3 Å². The smallest absolute Gasteiger partial charge is 0.133 e. The molecule has 2 aromatic rings. The predicted molar refractivity (Wildman–Crippen MR) is 77.1 cm³/mol. The van der Waals surface area contributed by atoms with Crippen LogP contribution in [0.3, 0.4) is 0 Å². The zero-order valence-electron chi connectivity index (χ0n) is 10.0. The zero-order valence-corrected chi connectivity index (χ0v) is 12.4. The van der Waals surface area contributed by atoms with E-state index in [-0.39, 0.29) is 5.82 Å². The van der Waals surface area contributed by atoms with E-state index in [1.54, 1.807) is 12.1 Å². The minimum absolute atomic E-state index is 0.251. The van der Waals surface area contributed by atoms with E-state index in [2.05, 4.69) is 27.8 Å². The lowest BCUT2D eigenvalue weighted by Crippen LogP contribution is -1.97. The van der Waals surface area contributed by atoms with Gasteiger partial charge in [-0.2, -0.15) is 0 Å². The average molecular weight is 329 g/mol. The molecule has 1 aromatic heterocycles. The Balaban J connectivity index is 2.47. The van der Waals surface area contributed by atoms with Crippen LogP contribution in [0.25, 0.3) is 10.6 Å². The second kappa shape index (κ2) is 5.91. The van der Waals surface area contributed by atoms with Crippen LogP contribution in [-0.2, 0) is 13.0 Å². The Labute approximate surface area is 118 Å². The first-order valence-electron chi connectivity index (χ1n) is 5.79. The highest BCUT2D eigenvalue weighted by Gasteiger charge is 2.14. The third-order valence-corrected chi connectivity index (χ3v) is 4.26. The summed E-state index contributed by atoms with van der Waals surface area (Å²) in [6.07, 6.45) is 1.90. The summed E-state index contributed by atoms with van der Waals surface area (Å²) >= 11 is 4.83. The first kappa shape index (κ1) is 13.6. The number of hydrogen-bond donors (Lipinski definition) is 1. The normalized spacial score (nSPS) is 10.9. The van der Waals surface area contributed by atoms with Crippen molar-refractivity contribution in [3.05, 3.63) is 39.1 Å². The summed E-state index contributed by atoms with van der Waals surface area (Å²) in [6, 6.07) is 4.88. The number of hydrogen-bond acceptors (Lipinski definition) is 3. The van der Waals surface area contributed by atoms with Crippen LogP contribution in [0.4, 0.5) is 4.39 Å². The van der Waals surface area contributed by atoms with Crippen molar-refractivity contribution in [2.45, 2.75) is 26.3 Å². The third-order valence-electron chi connectivity index (χ3n) is 2.61. The number of aromatic nitrogens is 1. The van der Waals surface area contributed by atoms with Crippen molar-refractivity contribution in [1.82, 2.24) is 4.98 Å². The number of thiazole rings is 1. The Hall–Kier alpha value is -0.780. The summed E-state index contributed by atoms with van der Waals surface area (Å²) in [5, 5.41) is 0.706. The van der Waals surface area contributed by atoms with Gasteiger partial charge in [0.15, 0.2) is 0 Å². The molecule has 0 amide bonds. The Kier molecular flexibility index (Phi) is 4.48. The van der Waals surface area contributed by atoms with E-state index in [0.717, 1.165) is 27.9 Å². The maximum atomic E-state index is 13.8. The molecule has 0 spiro atoms. The van der Waals surface area contributed by atoms with E-state index in [0.29, 0.717) is 17.1 Å². The molecular weight excluding hydrogens is 315 g/mol. The van der Waals surface area contributed by atoms with Crippen LogP contribution >= 0.6 is 27.3 Å². The average Bonchev–Trinajstić information content (AvgIpc) is 2.76. The summed E-state index contributed by atoms with van der Waals surface area (Å²) in [5.41, 5.74) is 7.24. The summed E-state index contributed by atoms with van der Waals surface area (Å²) in [7, 11) is 0. The largest absolute Gasteiger partial charge is 0.326 e. The summed E-state index contributed by atoms with van der Waals surface area (Å²) in [5.74, 6) is -0.251. The van der Waals surface area contributed by atoms with E-state index >= 15 is 0 Å². The van der Waals surface area contributed by atoms with Gasteiger partial charge in [-0.05, 0) is 24.6 Å². The maximum absolute atomic E-state index is 13.8. The predicted octanol–water partition coefficient (Wildman–Crippen LogP) is 4.12. The molecular formula is C13H14BrFN2S.